The number of nitriles is 1. The number of carbonyl (C=O) groups is 1. The van der Waals surface area contributed by atoms with Gasteiger partial charge in [0.15, 0.2) is 0 Å². The zero-order valence-corrected chi connectivity index (χ0v) is 12.1. The molecule has 0 aliphatic carbocycles. The van der Waals surface area contributed by atoms with E-state index in [0.29, 0.717) is 17.7 Å². The predicted molar refractivity (Wildman–Crippen MR) is 83.1 cm³/mol. The van der Waals surface area contributed by atoms with Gasteiger partial charge in [-0.1, -0.05) is 18.2 Å². The summed E-state index contributed by atoms with van der Waals surface area (Å²) in [4.78, 5) is 12.2. The monoisotopic (exact) mass is 279 g/mol. The Labute approximate surface area is 124 Å². The third-order valence-electron chi connectivity index (χ3n) is 3.20. The molecule has 0 aliphatic heterocycles. The van der Waals surface area contributed by atoms with Crippen LogP contribution in [0.25, 0.3) is 0 Å². The van der Waals surface area contributed by atoms with Crippen molar-refractivity contribution in [1.29, 1.82) is 5.26 Å². The number of aryl methyl sites for hydroxylation is 1. The molecule has 0 saturated heterocycles. The number of rotatable bonds is 4. The molecular weight excluding hydrogens is 262 g/mol. The lowest BCUT2D eigenvalue weighted by atomic mass is 10.1. The Bertz CT molecular complexity index is 701. The zero-order valence-electron chi connectivity index (χ0n) is 12.1. The maximum absolute atomic E-state index is 12.2. The van der Waals surface area contributed by atoms with Gasteiger partial charge in [-0.15, -0.1) is 0 Å². The molecule has 0 radical (unpaired) electrons. The van der Waals surface area contributed by atoms with Crippen LogP contribution in [0, 0.1) is 18.3 Å². The predicted octanol–water partition coefficient (Wildman–Crippen LogP) is 2.84. The van der Waals surface area contributed by atoms with Crippen LogP contribution in [0.4, 0.5) is 5.69 Å². The molecule has 0 fully saturated rings. The summed E-state index contributed by atoms with van der Waals surface area (Å²) in [5.74, 6) is -0.137. The molecule has 2 aromatic carbocycles. The Kier molecular flexibility index (Phi) is 4.57. The zero-order chi connectivity index (χ0) is 15.2. The van der Waals surface area contributed by atoms with Crippen LogP contribution in [0.2, 0.25) is 0 Å². The van der Waals surface area contributed by atoms with E-state index in [1.54, 1.807) is 19.2 Å². The van der Waals surface area contributed by atoms with Crippen LogP contribution in [-0.4, -0.2) is 13.0 Å². The second kappa shape index (κ2) is 6.58. The SMILES string of the molecule is CNc1cc(C)ccc1C(=O)NCc1cccc(C#N)c1. The Morgan fingerprint density at radius 3 is 2.76 bits per heavy atom. The Morgan fingerprint density at radius 2 is 2.05 bits per heavy atom. The molecule has 0 bridgehead atoms. The van der Waals surface area contributed by atoms with E-state index in [1.165, 1.54) is 0 Å². The van der Waals surface area contributed by atoms with Gasteiger partial charge in [-0.2, -0.15) is 5.26 Å². The molecule has 0 atom stereocenters. The molecule has 106 valence electrons. The van der Waals surface area contributed by atoms with Crippen LogP contribution in [0.5, 0.6) is 0 Å². The van der Waals surface area contributed by atoms with Gasteiger partial charge in [0.1, 0.15) is 0 Å². The first-order chi connectivity index (χ1) is 10.1. The Balaban J connectivity index is 2.10. The van der Waals surface area contributed by atoms with Crippen molar-refractivity contribution >= 4 is 11.6 Å². The molecule has 4 nitrogen and oxygen atoms in total. The standard InChI is InChI=1S/C17H17N3O/c1-12-6-7-15(16(8-12)19-2)17(21)20-11-14-5-3-4-13(9-14)10-18/h3-9,19H,11H2,1-2H3,(H,20,21). The van der Waals surface area contributed by atoms with Gasteiger partial charge in [-0.3, -0.25) is 4.79 Å². The van der Waals surface area contributed by atoms with Crippen molar-refractivity contribution in [2.45, 2.75) is 13.5 Å². The van der Waals surface area contributed by atoms with Crippen molar-refractivity contribution in [3.05, 3.63) is 64.7 Å². The highest BCUT2D eigenvalue weighted by atomic mass is 16.1. The first-order valence-corrected chi connectivity index (χ1v) is 6.69. The number of carbonyl (C=O) groups excluding carboxylic acids is 1. The fourth-order valence-electron chi connectivity index (χ4n) is 2.09. The largest absolute Gasteiger partial charge is 0.387 e. The van der Waals surface area contributed by atoms with Crippen LogP contribution in [0.3, 0.4) is 0 Å². The topological polar surface area (TPSA) is 64.9 Å². The lowest BCUT2D eigenvalue weighted by Gasteiger charge is -2.11. The molecule has 0 unspecified atom stereocenters. The molecule has 2 rings (SSSR count). The molecule has 0 heterocycles. The van der Waals surface area contributed by atoms with Crippen LogP contribution in [-0.2, 0) is 6.54 Å². The third kappa shape index (κ3) is 3.61. The van der Waals surface area contributed by atoms with E-state index >= 15 is 0 Å². The fourth-order valence-corrected chi connectivity index (χ4v) is 2.09. The summed E-state index contributed by atoms with van der Waals surface area (Å²) in [6.45, 7) is 2.38. The van der Waals surface area contributed by atoms with Crippen molar-refractivity contribution in [3.8, 4) is 6.07 Å². The van der Waals surface area contributed by atoms with Crippen LogP contribution < -0.4 is 10.6 Å². The molecular formula is C17H17N3O. The maximum atomic E-state index is 12.2. The number of nitrogens with zero attached hydrogens (tertiary/aromatic N) is 1. The molecule has 4 heteroatoms. The molecule has 0 saturated carbocycles. The third-order valence-corrected chi connectivity index (χ3v) is 3.20. The lowest BCUT2D eigenvalue weighted by molar-refractivity contribution is 0.0951. The highest BCUT2D eigenvalue weighted by Crippen LogP contribution is 2.17. The van der Waals surface area contributed by atoms with E-state index in [1.807, 2.05) is 37.3 Å². The molecule has 0 spiro atoms. The van der Waals surface area contributed by atoms with E-state index < -0.39 is 0 Å². The van der Waals surface area contributed by atoms with Gasteiger partial charge in [0.2, 0.25) is 0 Å². The highest BCUT2D eigenvalue weighted by Gasteiger charge is 2.10. The van der Waals surface area contributed by atoms with Gasteiger partial charge < -0.3 is 10.6 Å². The van der Waals surface area contributed by atoms with Gasteiger partial charge >= 0.3 is 0 Å². The van der Waals surface area contributed by atoms with Crippen molar-refractivity contribution in [2.75, 3.05) is 12.4 Å². The van der Waals surface area contributed by atoms with Crippen molar-refractivity contribution in [1.82, 2.24) is 5.32 Å². The minimum absolute atomic E-state index is 0.137. The van der Waals surface area contributed by atoms with E-state index in [2.05, 4.69) is 16.7 Å². The normalized spacial score (nSPS) is 9.76. The van der Waals surface area contributed by atoms with E-state index in [4.69, 9.17) is 5.26 Å². The minimum Gasteiger partial charge on any atom is -0.387 e. The maximum Gasteiger partial charge on any atom is 0.253 e. The van der Waals surface area contributed by atoms with Crippen molar-refractivity contribution in [2.24, 2.45) is 0 Å². The number of nitrogens with one attached hydrogen (secondary N) is 2. The fraction of sp³-hybridized carbons (Fsp3) is 0.176. The molecule has 0 aliphatic rings. The summed E-state index contributed by atoms with van der Waals surface area (Å²) < 4.78 is 0. The summed E-state index contributed by atoms with van der Waals surface area (Å²) in [6.07, 6.45) is 0. The quantitative estimate of drug-likeness (QED) is 0.904. The Morgan fingerprint density at radius 1 is 1.24 bits per heavy atom. The first-order valence-electron chi connectivity index (χ1n) is 6.69. The van der Waals surface area contributed by atoms with Crippen molar-refractivity contribution < 1.29 is 4.79 Å². The summed E-state index contributed by atoms with van der Waals surface area (Å²) in [5.41, 5.74) is 4.00. The van der Waals surface area contributed by atoms with Crippen LogP contribution >= 0.6 is 0 Å². The number of anilines is 1. The summed E-state index contributed by atoms with van der Waals surface area (Å²) in [5, 5.41) is 14.8. The van der Waals surface area contributed by atoms with Crippen molar-refractivity contribution in [3.63, 3.8) is 0 Å². The summed E-state index contributed by atoms with van der Waals surface area (Å²) in [7, 11) is 1.79. The smallest absolute Gasteiger partial charge is 0.253 e. The van der Waals surface area contributed by atoms with Gasteiger partial charge in [0.25, 0.3) is 5.91 Å². The van der Waals surface area contributed by atoms with Crippen LogP contribution in [0.1, 0.15) is 27.0 Å². The average molecular weight is 279 g/mol. The minimum atomic E-state index is -0.137. The van der Waals surface area contributed by atoms with E-state index in [0.717, 1.165) is 16.8 Å². The number of benzene rings is 2. The molecule has 2 aromatic rings. The van der Waals surface area contributed by atoms with Crippen LogP contribution in [0.15, 0.2) is 42.5 Å². The van der Waals surface area contributed by atoms with E-state index in [-0.39, 0.29) is 5.91 Å². The number of hydrogen-bond donors (Lipinski definition) is 2. The Hall–Kier alpha value is -2.80. The molecule has 21 heavy (non-hydrogen) atoms. The van der Waals surface area contributed by atoms with Gasteiger partial charge in [0.05, 0.1) is 17.2 Å². The molecule has 1 amide bonds. The number of hydrogen-bond acceptors (Lipinski definition) is 3. The van der Waals surface area contributed by atoms with Gasteiger partial charge in [-0.05, 0) is 42.3 Å². The highest BCUT2D eigenvalue weighted by molar-refractivity contribution is 5.99. The first kappa shape index (κ1) is 14.6. The average Bonchev–Trinajstić information content (AvgIpc) is 2.52. The summed E-state index contributed by atoms with van der Waals surface area (Å²) in [6, 6.07) is 14.9. The lowest BCUT2D eigenvalue weighted by Crippen LogP contribution is -2.23. The molecule has 2 N–H and O–H groups in total. The second-order valence-corrected chi connectivity index (χ2v) is 4.79. The number of amides is 1. The second-order valence-electron chi connectivity index (χ2n) is 4.79. The summed E-state index contributed by atoms with van der Waals surface area (Å²) >= 11 is 0. The molecule has 0 aromatic heterocycles. The van der Waals surface area contributed by atoms with E-state index in [9.17, 15) is 4.79 Å². The van der Waals surface area contributed by atoms with Gasteiger partial charge in [0, 0.05) is 19.3 Å². The van der Waals surface area contributed by atoms with Gasteiger partial charge in [-0.25, -0.2) is 0 Å².